The SMILES string of the molecule is Cn1c2c(n(C3CC3)c1=O)CCCC2. The van der Waals surface area contributed by atoms with Crippen LogP contribution in [0, 0.1) is 0 Å². The van der Waals surface area contributed by atoms with Crippen LogP contribution in [0.15, 0.2) is 4.79 Å². The van der Waals surface area contributed by atoms with Crippen molar-refractivity contribution in [3.8, 4) is 0 Å². The topological polar surface area (TPSA) is 26.9 Å². The Morgan fingerprint density at radius 3 is 2.43 bits per heavy atom. The molecular weight excluding hydrogens is 176 g/mol. The van der Waals surface area contributed by atoms with Crippen molar-refractivity contribution in [3.63, 3.8) is 0 Å². The van der Waals surface area contributed by atoms with Crippen LogP contribution in [0.5, 0.6) is 0 Å². The molecule has 0 spiro atoms. The second-order valence-corrected chi connectivity index (χ2v) is 4.54. The molecule has 0 radical (unpaired) electrons. The van der Waals surface area contributed by atoms with Crippen molar-refractivity contribution < 1.29 is 0 Å². The van der Waals surface area contributed by atoms with Crippen molar-refractivity contribution >= 4 is 0 Å². The molecule has 1 heterocycles. The molecule has 0 atom stereocenters. The highest BCUT2D eigenvalue weighted by Gasteiger charge is 2.31. The molecule has 2 aliphatic carbocycles. The minimum Gasteiger partial charge on any atom is -0.299 e. The normalized spacial score (nSPS) is 20.9. The van der Waals surface area contributed by atoms with Gasteiger partial charge >= 0.3 is 5.69 Å². The third-order valence-corrected chi connectivity index (χ3v) is 3.51. The summed E-state index contributed by atoms with van der Waals surface area (Å²) in [6.45, 7) is 0. The summed E-state index contributed by atoms with van der Waals surface area (Å²) in [7, 11) is 1.92. The molecule has 0 aliphatic heterocycles. The van der Waals surface area contributed by atoms with Gasteiger partial charge in [-0.3, -0.25) is 9.13 Å². The number of aromatic nitrogens is 2. The highest BCUT2D eigenvalue weighted by molar-refractivity contribution is 5.20. The van der Waals surface area contributed by atoms with Gasteiger partial charge in [0.05, 0.1) is 0 Å². The molecule has 0 unspecified atom stereocenters. The minimum atomic E-state index is 0.222. The molecule has 1 aromatic rings. The maximum absolute atomic E-state index is 12.0. The van der Waals surface area contributed by atoms with E-state index in [1.807, 2.05) is 11.6 Å². The van der Waals surface area contributed by atoms with Crippen molar-refractivity contribution in [2.24, 2.45) is 7.05 Å². The van der Waals surface area contributed by atoms with E-state index in [0.29, 0.717) is 6.04 Å². The van der Waals surface area contributed by atoms with Gasteiger partial charge in [-0.15, -0.1) is 0 Å². The van der Waals surface area contributed by atoms with Crippen molar-refractivity contribution in [1.82, 2.24) is 9.13 Å². The molecular formula is C11H16N2O. The van der Waals surface area contributed by atoms with Gasteiger partial charge in [-0.05, 0) is 38.5 Å². The Bertz CT molecular complexity index is 423. The number of nitrogens with zero attached hydrogens (tertiary/aromatic N) is 2. The van der Waals surface area contributed by atoms with E-state index < -0.39 is 0 Å². The number of hydrogen-bond donors (Lipinski definition) is 0. The van der Waals surface area contributed by atoms with Crippen LogP contribution in [-0.2, 0) is 19.9 Å². The second-order valence-electron chi connectivity index (χ2n) is 4.54. The van der Waals surface area contributed by atoms with Gasteiger partial charge in [0.1, 0.15) is 0 Å². The maximum Gasteiger partial charge on any atom is 0.328 e. The molecule has 3 heteroatoms. The molecule has 3 rings (SSSR count). The van der Waals surface area contributed by atoms with Gasteiger partial charge in [0, 0.05) is 24.5 Å². The van der Waals surface area contributed by atoms with Crippen molar-refractivity contribution in [2.45, 2.75) is 44.6 Å². The summed E-state index contributed by atoms with van der Waals surface area (Å²) >= 11 is 0. The van der Waals surface area contributed by atoms with E-state index in [4.69, 9.17) is 0 Å². The van der Waals surface area contributed by atoms with Crippen LogP contribution in [0.25, 0.3) is 0 Å². The number of rotatable bonds is 1. The van der Waals surface area contributed by atoms with Crippen LogP contribution in [-0.4, -0.2) is 9.13 Å². The van der Waals surface area contributed by atoms with Crippen molar-refractivity contribution in [2.75, 3.05) is 0 Å². The summed E-state index contributed by atoms with van der Waals surface area (Å²) in [5.74, 6) is 0. The van der Waals surface area contributed by atoms with Crippen LogP contribution in [0.1, 0.15) is 43.1 Å². The lowest BCUT2D eigenvalue weighted by Gasteiger charge is -2.13. The Labute approximate surface area is 83.3 Å². The predicted octanol–water partition coefficient (Wildman–Crippen LogP) is 1.40. The predicted molar refractivity (Wildman–Crippen MR) is 54.6 cm³/mol. The van der Waals surface area contributed by atoms with Crippen LogP contribution in [0.4, 0.5) is 0 Å². The zero-order chi connectivity index (χ0) is 9.71. The van der Waals surface area contributed by atoms with Gasteiger partial charge in [-0.1, -0.05) is 0 Å². The first-order valence-corrected chi connectivity index (χ1v) is 5.58. The molecule has 0 N–H and O–H groups in total. The standard InChI is InChI=1S/C11H16N2O/c1-12-9-4-2-3-5-10(9)13(11(12)14)8-6-7-8/h8H,2-7H2,1H3. The van der Waals surface area contributed by atoms with Gasteiger partial charge in [0.2, 0.25) is 0 Å². The highest BCUT2D eigenvalue weighted by atomic mass is 16.1. The summed E-state index contributed by atoms with van der Waals surface area (Å²) in [4.78, 5) is 12.0. The molecule has 1 fully saturated rings. The second kappa shape index (κ2) is 2.75. The lowest BCUT2D eigenvalue weighted by Crippen LogP contribution is -2.22. The quantitative estimate of drug-likeness (QED) is 0.660. The molecule has 0 amide bonds. The van der Waals surface area contributed by atoms with Gasteiger partial charge < -0.3 is 0 Å². The summed E-state index contributed by atoms with van der Waals surface area (Å²) in [5, 5.41) is 0. The molecule has 14 heavy (non-hydrogen) atoms. The Balaban J connectivity index is 2.22. The van der Waals surface area contributed by atoms with Crippen LogP contribution < -0.4 is 5.69 Å². The van der Waals surface area contributed by atoms with Gasteiger partial charge in [0.15, 0.2) is 0 Å². The summed E-state index contributed by atoms with van der Waals surface area (Å²) in [6.07, 6.45) is 7.12. The van der Waals surface area contributed by atoms with E-state index >= 15 is 0 Å². The van der Waals surface area contributed by atoms with E-state index in [1.54, 1.807) is 0 Å². The van der Waals surface area contributed by atoms with Gasteiger partial charge in [0.25, 0.3) is 0 Å². The molecule has 0 aromatic carbocycles. The minimum absolute atomic E-state index is 0.222. The first-order valence-electron chi connectivity index (χ1n) is 5.58. The Kier molecular flexibility index (Phi) is 1.64. The third kappa shape index (κ3) is 1.01. The number of hydrogen-bond acceptors (Lipinski definition) is 1. The lowest BCUT2D eigenvalue weighted by molar-refractivity contribution is 0.606. The zero-order valence-electron chi connectivity index (χ0n) is 8.62. The van der Waals surface area contributed by atoms with Crippen LogP contribution in [0.3, 0.4) is 0 Å². The average molecular weight is 192 g/mol. The first-order chi connectivity index (χ1) is 6.79. The fourth-order valence-electron chi connectivity index (χ4n) is 2.60. The van der Waals surface area contributed by atoms with E-state index in [9.17, 15) is 4.79 Å². The van der Waals surface area contributed by atoms with Gasteiger partial charge in [-0.2, -0.15) is 0 Å². The van der Waals surface area contributed by atoms with Gasteiger partial charge in [-0.25, -0.2) is 4.79 Å². The summed E-state index contributed by atoms with van der Waals surface area (Å²) < 4.78 is 3.93. The highest BCUT2D eigenvalue weighted by Crippen LogP contribution is 2.36. The summed E-state index contributed by atoms with van der Waals surface area (Å²) in [5.41, 5.74) is 2.86. The fourth-order valence-corrected chi connectivity index (χ4v) is 2.60. The molecule has 1 saturated carbocycles. The average Bonchev–Trinajstić information content (AvgIpc) is 2.99. The molecule has 2 aliphatic rings. The molecule has 0 saturated heterocycles. The fraction of sp³-hybridized carbons (Fsp3) is 0.727. The number of imidazole rings is 1. The smallest absolute Gasteiger partial charge is 0.299 e. The molecule has 1 aromatic heterocycles. The Hall–Kier alpha value is -0.990. The van der Waals surface area contributed by atoms with E-state index in [2.05, 4.69) is 4.57 Å². The van der Waals surface area contributed by atoms with E-state index in [-0.39, 0.29) is 5.69 Å². The lowest BCUT2D eigenvalue weighted by atomic mass is 10.0. The van der Waals surface area contributed by atoms with E-state index in [0.717, 1.165) is 12.8 Å². The number of fused-ring (bicyclic) bond motifs is 1. The zero-order valence-corrected chi connectivity index (χ0v) is 8.62. The third-order valence-electron chi connectivity index (χ3n) is 3.51. The summed E-state index contributed by atoms with van der Waals surface area (Å²) in [6, 6.07) is 0.538. The molecule has 0 bridgehead atoms. The monoisotopic (exact) mass is 192 g/mol. The Morgan fingerprint density at radius 2 is 1.79 bits per heavy atom. The van der Waals surface area contributed by atoms with Crippen molar-refractivity contribution in [3.05, 3.63) is 21.9 Å². The molecule has 3 nitrogen and oxygen atoms in total. The van der Waals surface area contributed by atoms with Crippen LogP contribution >= 0.6 is 0 Å². The first kappa shape index (κ1) is 8.33. The van der Waals surface area contributed by atoms with E-state index in [1.165, 1.54) is 37.1 Å². The van der Waals surface area contributed by atoms with Crippen molar-refractivity contribution in [1.29, 1.82) is 0 Å². The largest absolute Gasteiger partial charge is 0.328 e. The van der Waals surface area contributed by atoms with Crippen LogP contribution in [0.2, 0.25) is 0 Å². The Morgan fingerprint density at radius 1 is 1.14 bits per heavy atom. The maximum atomic E-state index is 12.0. The molecule has 76 valence electrons.